The van der Waals surface area contributed by atoms with E-state index in [1.54, 1.807) is 0 Å². The van der Waals surface area contributed by atoms with Gasteiger partial charge in [-0.25, -0.2) is 13.2 Å². The summed E-state index contributed by atoms with van der Waals surface area (Å²) in [5.74, 6) is -1.11. The summed E-state index contributed by atoms with van der Waals surface area (Å²) in [7, 11) is -3.64. The summed E-state index contributed by atoms with van der Waals surface area (Å²) >= 11 is 0.967. The number of fused-ring (bicyclic) bond motifs is 1. The quantitative estimate of drug-likeness (QED) is 0.913. The monoisotopic (exact) mass is 331 g/mol. The molecule has 8 heteroatoms. The van der Waals surface area contributed by atoms with E-state index in [1.165, 1.54) is 15.8 Å². The highest BCUT2D eigenvalue weighted by Gasteiger charge is 2.41. The number of thiophene rings is 1. The van der Waals surface area contributed by atoms with Crippen LogP contribution in [0, 0.1) is 0 Å². The number of sulfonamides is 1. The molecule has 2 atom stereocenters. The maximum absolute atomic E-state index is 12.8. The Labute approximate surface area is 127 Å². The van der Waals surface area contributed by atoms with E-state index in [0.29, 0.717) is 13.2 Å². The zero-order valence-electron chi connectivity index (χ0n) is 11.4. The van der Waals surface area contributed by atoms with E-state index in [-0.39, 0.29) is 21.9 Å². The fraction of sp³-hybridized carbons (Fsp3) is 0.615. The first-order valence-corrected chi connectivity index (χ1v) is 9.27. The van der Waals surface area contributed by atoms with Gasteiger partial charge in [-0.15, -0.1) is 11.3 Å². The van der Waals surface area contributed by atoms with Crippen molar-refractivity contribution < 1.29 is 23.1 Å². The lowest BCUT2D eigenvalue weighted by atomic mass is 9.91. The number of carboxylic acids is 1. The molecule has 116 valence electrons. The predicted molar refractivity (Wildman–Crippen MR) is 77.2 cm³/mol. The molecular weight excluding hydrogens is 314 g/mol. The van der Waals surface area contributed by atoms with E-state index in [0.717, 1.165) is 37.0 Å². The highest BCUT2D eigenvalue weighted by atomic mass is 32.2. The average molecular weight is 331 g/mol. The molecule has 1 aromatic heterocycles. The molecule has 2 aliphatic rings. The SMILES string of the molecule is O=C(O)c1csc(S(=O)(=O)N2CCOC3CCCCC32)c1. The first-order chi connectivity index (χ1) is 10.00. The Morgan fingerprint density at radius 1 is 1.38 bits per heavy atom. The van der Waals surface area contributed by atoms with Gasteiger partial charge < -0.3 is 9.84 Å². The van der Waals surface area contributed by atoms with Gasteiger partial charge in [0.05, 0.1) is 24.3 Å². The molecule has 0 aromatic carbocycles. The fourth-order valence-electron chi connectivity index (χ4n) is 3.04. The third-order valence-electron chi connectivity index (χ3n) is 4.07. The molecular formula is C13H17NO5S2. The molecule has 1 saturated carbocycles. The van der Waals surface area contributed by atoms with Crippen LogP contribution in [0.25, 0.3) is 0 Å². The molecule has 1 aliphatic carbocycles. The van der Waals surface area contributed by atoms with Gasteiger partial charge in [-0.2, -0.15) is 4.31 Å². The van der Waals surface area contributed by atoms with Gasteiger partial charge in [-0.05, 0) is 18.9 Å². The van der Waals surface area contributed by atoms with E-state index in [9.17, 15) is 13.2 Å². The molecule has 1 N–H and O–H groups in total. The lowest BCUT2D eigenvalue weighted by Crippen LogP contribution is -2.54. The predicted octanol–water partition coefficient (Wildman–Crippen LogP) is 1.78. The molecule has 0 amide bonds. The minimum absolute atomic E-state index is 0.0204. The Morgan fingerprint density at radius 3 is 2.86 bits per heavy atom. The number of morpholine rings is 1. The van der Waals surface area contributed by atoms with Crippen molar-refractivity contribution in [3.05, 3.63) is 17.0 Å². The molecule has 2 unspecified atom stereocenters. The molecule has 2 heterocycles. The summed E-state index contributed by atoms with van der Waals surface area (Å²) in [5, 5.41) is 10.3. The number of rotatable bonds is 3. The van der Waals surface area contributed by atoms with Crippen molar-refractivity contribution in [1.29, 1.82) is 0 Å². The Kier molecular flexibility index (Phi) is 4.04. The largest absolute Gasteiger partial charge is 0.478 e. The standard InChI is InChI=1S/C13H17NO5S2/c15-13(16)9-7-12(20-8-9)21(17,18)14-5-6-19-11-4-2-1-3-10(11)14/h7-8,10-11H,1-6H2,(H,15,16). The van der Waals surface area contributed by atoms with Gasteiger partial charge in [0.15, 0.2) is 0 Å². The second kappa shape index (κ2) is 5.68. The molecule has 0 spiro atoms. The topological polar surface area (TPSA) is 83.9 Å². The van der Waals surface area contributed by atoms with Crippen LogP contribution in [0.15, 0.2) is 15.7 Å². The summed E-state index contributed by atoms with van der Waals surface area (Å²) < 4.78 is 32.8. The molecule has 0 radical (unpaired) electrons. The summed E-state index contributed by atoms with van der Waals surface area (Å²) in [4.78, 5) is 10.9. The molecule has 1 aliphatic heterocycles. The lowest BCUT2D eigenvalue weighted by molar-refractivity contribution is -0.0585. The van der Waals surface area contributed by atoms with Crippen molar-refractivity contribution in [3.63, 3.8) is 0 Å². The van der Waals surface area contributed by atoms with Crippen LogP contribution in [0.2, 0.25) is 0 Å². The zero-order chi connectivity index (χ0) is 15.0. The van der Waals surface area contributed by atoms with Crippen LogP contribution in [-0.4, -0.2) is 49.1 Å². The van der Waals surface area contributed by atoms with E-state index in [4.69, 9.17) is 9.84 Å². The van der Waals surface area contributed by atoms with Crippen LogP contribution < -0.4 is 0 Å². The second-order valence-electron chi connectivity index (χ2n) is 5.34. The van der Waals surface area contributed by atoms with Gasteiger partial charge in [0.2, 0.25) is 0 Å². The first-order valence-electron chi connectivity index (χ1n) is 6.95. The van der Waals surface area contributed by atoms with Crippen LogP contribution in [0.4, 0.5) is 0 Å². The molecule has 2 fully saturated rings. The highest BCUT2D eigenvalue weighted by Crippen LogP contribution is 2.34. The van der Waals surface area contributed by atoms with Gasteiger partial charge in [-0.1, -0.05) is 12.8 Å². The Morgan fingerprint density at radius 2 is 2.14 bits per heavy atom. The van der Waals surface area contributed by atoms with E-state index >= 15 is 0 Å². The van der Waals surface area contributed by atoms with Crippen molar-refractivity contribution >= 4 is 27.3 Å². The molecule has 1 aromatic rings. The summed E-state index contributed by atoms with van der Waals surface area (Å²) in [6, 6.07) is 1.13. The van der Waals surface area contributed by atoms with Gasteiger partial charge >= 0.3 is 5.97 Å². The third kappa shape index (κ3) is 2.73. The molecule has 0 bridgehead atoms. The second-order valence-corrected chi connectivity index (χ2v) is 8.36. The van der Waals surface area contributed by atoms with Crippen molar-refractivity contribution in [2.75, 3.05) is 13.2 Å². The zero-order valence-corrected chi connectivity index (χ0v) is 13.0. The number of aromatic carboxylic acids is 1. The molecule has 1 saturated heterocycles. The van der Waals surface area contributed by atoms with Gasteiger partial charge in [0, 0.05) is 11.9 Å². The normalized spacial score (nSPS) is 27.2. The minimum atomic E-state index is -3.64. The van der Waals surface area contributed by atoms with Crippen molar-refractivity contribution in [3.8, 4) is 0 Å². The lowest BCUT2D eigenvalue weighted by Gasteiger charge is -2.42. The van der Waals surface area contributed by atoms with Gasteiger partial charge in [-0.3, -0.25) is 0 Å². The molecule has 3 rings (SSSR count). The minimum Gasteiger partial charge on any atom is -0.478 e. The number of hydrogen-bond acceptors (Lipinski definition) is 5. The smallest absolute Gasteiger partial charge is 0.336 e. The van der Waals surface area contributed by atoms with Crippen LogP contribution in [0.5, 0.6) is 0 Å². The van der Waals surface area contributed by atoms with Crippen molar-refractivity contribution in [2.24, 2.45) is 0 Å². The average Bonchev–Trinajstić information content (AvgIpc) is 2.97. The molecule has 6 nitrogen and oxygen atoms in total. The van der Waals surface area contributed by atoms with Crippen LogP contribution in [0.1, 0.15) is 36.0 Å². The maximum atomic E-state index is 12.8. The van der Waals surface area contributed by atoms with Crippen molar-refractivity contribution in [1.82, 2.24) is 4.31 Å². The Bertz CT molecular complexity index is 637. The van der Waals surface area contributed by atoms with Crippen molar-refractivity contribution in [2.45, 2.75) is 42.0 Å². The number of hydrogen-bond donors (Lipinski definition) is 1. The van der Waals surface area contributed by atoms with E-state index in [1.807, 2.05) is 0 Å². The van der Waals surface area contributed by atoms with E-state index < -0.39 is 16.0 Å². The van der Waals surface area contributed by atoms with Gasteiger partial charge in [0.1, 0.15) is 4.21 Å². The summed E-state index contributed by atoms with van der Waals surface area (Å²) in [6.07, 6.45) is 3.74. The van der Waals surface area contributed by atoms with Crippen LogP contribution in [-0.2, 0) is 14.8 Å². The number of carbonyl (C=O) groups is 1. The Hall–Kier alpha value is -0.960. The highest BCUT2D eigenvalue weighted by molar-refractivity contribution is 7.91. The first kappa shape index (κ1) is 15.0. The van der Waals surface area contributed by atoms with Crippen LogP contribution in [0.3, 0.4) is 0 Å². The fourth-order valence-corrected chi connectivity index (χ4v) is 5.98. The van der Waals surface area contributed by atoms with Gasteiger partial charge in [0.25, 0.3) is 10.0 Å². The molecule has 21 heavy (non-hydrogen) atoms. The third-order valence-corrected chi connectivity index (χ3v) is 7.41. The number of carboxylic acid groups (broad SMARTS) is 1. The summed E-state index contributed by atoms with van der Waals surface area (Å²) in [5.41, 5.74) is 0.0204. The Balaban J connectivity index is 1.90. The van der Waals surface area contributed by atoms with Crippen LogP contribution >= 0.6 is 11.3 Å². The maximum Gasteiger partial charge on any atom is 0.336 e. The number of nitrogens with zero attached hydrogens (tertiary/aromatic N) is 1. The van der Waals surface area contributed by atoms with E-state index in [2.05, 4.69) is 0 Å². The number of ether oxygens (including phenoxy) is 1. The summed E-state index contributed by atoms with van der Waals surface area (Å²) in [6.45, 7) is 0.737.